The quantitative estimate of drug-likeness (QED) is 0.820. The topological polar surface area (TPSA) is 61.4 Å². The van der Waals surface area contributed by atoms with Gasteiger partial charge in [-0.15, -0.1) is 0 Å². The average molecular weight is 348 g/mol. The van der Waals surface area contributed by atoms with E-state index in [1.807, 2.05) is 24.3 Å². The molecule has 0 aliphatic rings. The van der Waals surface area contributed by atoms with Gasteiger partial charge < -0.3 is 0 Å². The Balaban J connectivity index is 1.93. The fourth-order valence-corrected chi connectivity index (χ4v) is 2.06. The van der Waals surface area contributed by atoms with Gasteiger partial charge in [-0.2, -0.15) is 0 Å². The van der Waals surface area contributed by atoms with Gasteiger partial charge in [-0.05, 0) is 30.3 Å². The van der Waals surface area contributed by atoms with Crippen LogP contribution in [0.4, 0.5) is 10.5 Å². The molecule has 108 valence electrons. The highest BCUT2D eigenvalue weighted by molar-refractivity contribution is 9.10. The number of amides is 3. The molecule has 6 heteroatoms. The van der Waals surface area contributed by atoms with Gasteiger partial charge in [0.15, 0.2) is 0 Å². The van der Waals surface area contributed by atoms with E-state index in [1.165, 1.54) is 4.90 Å². The van der Waals surface area contributed by atoms with Crippen LogP contribution in [0, 0.1) is 0 Å². The second kappa shape index (κ2) is 6.90. The molecule has 0 saturated carbocycles. The van der Waals surface area contributed by atoms with Crippen molar-refractivity contribution in [2.45, 2.75) is 0 Å². The Hall–Kier alpha value is -2.34. The molecule has 0 aliphatic carbocycles. The Morgan fingerprint density at radius 2 is 1.71 bits per heavy atom. The van der Waals surface area contributed by atoms with Crippen LogP contribution < -0.4 is 15.8 Å². The molecule has 0 aromatic heterocycles. The molecule has 0 spiro atoms. The molecule has 2 aromatic rings. The van der Waals surface area contributed by atoms with Crippen molar-refractivity contribution in [2.75, 3.05) is 11.9 Å². The van der Waals surface area contributed by atoms with E-state index in [9.17, 15) is 9.59 Å². The van der Waals surface area contributed by atoms with Gasteiger partial charge in [0.2, 0.25) is 0 Å². The summed E-state index contributed by atoms with van der Waals surface area (Å²) in [6, 6.07) is 15.6. The summed E-state index contributed by atoms with van der Waals surface area (Å²) in [5.41, 5.74) is 5.93. The van der Waals surface area contributed by atoms with E-state index in [0.717, 1.165) is 10.2 Å². The van der Waals surface area contributed by atoms with Gasteiger partial charge in [0.25, 0.3) is 5.91 Å². The number of hydrogen-bond acceptors (Lipinski definition) is 2. The Labute approximate surface area is 131 Å². The number of nitrogens with zero attached hydrogens (tertiary/aromatic N) is 1. The lowest BCUT2D eigenvalue weighted by Gasteiger charge is -2.18. The minimum atomic E-state index is -0.426. The average Bonchev–Trinajstić information content (AvgIpc) is 2.52. The number of carbonyl (C=O) groups excluding carboxylic acids is 2. The van der Waals surface area contributed by atoms with Crippen molar-refractivity contribution in [3.05, 3.63) is 64.6 Å². The third kappa shape index (κ3) is 4.06. The Morgan fingerprint density at radius 1 is 1.00 bits per heavy atom. The van der Waals surface area contributed by atoms with Crippen LogP contribution in [-0.4, -0.2) is 19.0 Å². The van der Waals surface area contributed by atoms with E-state index < -0.39 is 6.03 Å². The zero-order chi connectivity index (χ0) is 15.2. The molecule has 3 amide bonds. The van der Waals surface area contributed by atoms with Crippen LogP contribution in [0.1, 0.15) is 10.4 Å². The number of hydrogen-bond donors (Lipinski definition) is 2. The zero-order valence-electron chi connectivity index (χ0n) is 11.3. The Morgan fingerprint density at radius 3 is 2.38 bits per heavy atom. The first kappa shape index (κ1) is 15.1. The fourth-order valence-electron chi connectivity index (χ4n) is 1.66. The molecule has 0 atom stereocenters. The first-order valence-corrected chi connectivity index (χ1v) is 7.02. The predicted octanol–water partition coefficient (Wildman–Crippen LogP) is 2.94. The number of carbonyl (C=O) groups is 2. The van der Waals surface area contributed by atoms with Crippen LogP contribution in [0.2, 0.25) is 0 Å². The minimum Gasteiger partial charge on any atom is -0.296 e. The first-order valence-electron chi connectivity index (χ1n) is 6.22. The van der Waals surface area contributed by atoms with Crippen molar-refractivity contribution in [3.8, 4) is 0 Å². The second-order valence-corrected chi connectivity index (χ2v) is 5.20. The first-order chi connectivity index (χ1) is 10.1. The van der Waals surface area contributed by atoms with Crippen molar-refractivity contribution >= 4 is 33.6 Å². The lowest BCUT2D eigenvalue weighted by atomic mass is 10.2. The summed E-state index contributed by atoms with van der Waals surface area (Å²) in [6.07, 6.45) is 0. The van der Waals surface area contributed by atoms with Crippen LogP contribution in [0.15, 0.2) is 59.1 Å². The van der Waals surface area contributed by atoms with Crippen molar-refractivity contribution in [1.82, 2.24) is 10.9 Å². The molecular formula is C15H14BrN3O2. The van der Waals surface area contributed by atoms with Crippen LogP contribution in [0.5, 0.6) is 0 Å². The molecule has 0 bridgehead atoms. The van der Waals surface area contributed by atoms with Crippen molar-refractivity contribution in [2.24, 2.45) is 0 Å². The van der Waals surface area contributed by atoms with E-state index in [1.54, 1.807) is 37.4 Å². The normalized spacial score (nSPS) is 9.81. The van der Waals surface area contributed by atoms with E-state index in [2.05, 4.69) is 26.8 Å². The lowest BCUT2D eigenvalue weighted by molar-refractivity contribution is 0.0937. The van der Waals surface area contributed by atoms with Gasteiger partial charge in [-0.1, -0.05) is 40.2 Å². The summed E-state index contributed by atoms with van der Waals surface area (Å²) in [6.45, 7) is 0. The van der Waals surface area contributed by atoms with Gasteiger partial charge in [0.1, 0.15) is 0 Å². The maximum Gasteiger partial charge on any atom is 0.340 e. The third-order valence-electron chi connectivity index (χ3n) is 2.82. The maximum absolute atomic E-state index is 11.9. The number of rotatable bonds is 2. The molecule has 0 unspecified atom stereocenters. The molecule has 2 aromatic carbocycles. The summed E-state index contributed by atoms with van der Waals surface area (Å²) in [5.74, 6) is -0.383. The third-order valence-corrected chi connectivity index (χ3v) is 3.31. The molecule has 0 radical (unpaired) electrons. The summed E-state index contributed by atoms with van der Waals surface area (Å²) in [4.78, 5) is 25.2. The van der Waals surface area contributed by atoms with Crippen molar-refractivity contribution in [1.29, 1.82) is 0 Å². The van der Waals surface area contributed by atoms with Gasteiger partial charge >= 0.3 is 6.03 Å². The molecule has 0 fully saturated rings. The van der Waals surface area contributed by atoms with Crippen molar-refractivity contribution < 1.29 is 9.59 Å². The number of para-hydroxylation sites is 1. The number of benzene rings is 2. The molecule has 21 heavy (non-hydrogen) atoms. The number of urea groups is 1. The maximum atomic E-state index is 11.9. The molecule has 2 N–H and O–H groups in total. The molecule has 0 aliphatic heterocycles. The van der Waals surface area contributed by atoms with E-state index in [4.69, 9.17) is 0 Å². The molecule has 2 rings (SSSR count). The summed E-state index contributed by atoms with van der Waals surface area (Å²) < 4.78 is 0.794. The highest BCUT2D eigenvalue weighted by Gasteiger charge is 2.12. The van der Waals surface area contributed by atoms with Gasteiger partial charge in [0.05, 0.1) is 0 Å². The molecule has 5 nitrogen and oxygen atoms in total. The van der Waals surface area contributed by atoms with Gasteiger partial charge in [-0.3, -0.25) is 15.1 Å². The fraction of sp³-hybridized carbons (Fsp3) is 0.0667. The van der Waals surface area contributed by atoms with Gasteiger partial charge in [-0.25, -0.2) is 10.2 Å². The Kier molecular flexibility index (Phi) is 4.94. The van der Waals surface area contributed by atoms with E-state index >= 15 is 0 Å². The highest BCUT2D eigenvalue weighted by atomic mass is 79.9. The number of nitrogens with one attached hydrogen (secondary N) is 2. The standard InChI is InChI=1S/C15H14BrN3O2/c1-19(13-8-3-2-4-9-13)15(21)18-17-14(20)11-6-5-7-12(16)10-11/h2-10H,1H3,(H,17,20)(H,18,21). The second-order valence-electron chi connectivity index (χ2n) is 4.29. The molecule has 0 saturated heterocycles. The summed E-state index contributed by atoms with van der Waals surface area (Å²) in [7, 11) is 1.62. The predicted molar refractivity (Wildman–Crippen MR) is 85.0 cm³/mol. The number of halogens is 1. The van der Waals surface area contributed by atoms with Crippen LogP contribution in [0.25, 0.3) is 0 Å². The van der Waals surface area contributed by atoms with Crippen LogP contribution in [0.3, 0.4) is 0 Å². The van der Waals surface area contributed by atoms with Crippen LogP contribution in [-0.2, 0) is 0 Å². The number of hydrazine groups is 1. The monoisotopic (exact) mass is 347 g/mol. The van der Waals surface area contributed by atoms with E-state index in [-0.39, 0.29) is 5.91 Å². The molecular weight excluding hydrogens is 334 g/mol. The zero-order valence-corrected chi connectivity index (χ0v) is 12.9. The smallest absolute Gasteiger partial charge is 0.296 e. The Bertz CT molecular complexity index is 646. The van der Waals surface area contributed by atoms with E-state index in [0.29, 0.717) is 5.56 Å². The summed E-state index contributed by atoms with van der Waals surface area (Å²) >= 11 is 3.29. The highest BCUT2D eigenvalue weighted by Crippen LogP contribution is 2.12. The van der Waals surface area contributed by atoms with Gasteiger partial charge in [0, 0.05) is 22.8 Å². The molecule has 0 heterocycles. The summed E-state index contributed by atoms with van der Waals surface area (Å²) in [5, 5.41) is 0. The largest absolute Gasteiger partial charge is 0.340 e. The SMILES string of the molecule is CN(C(=O)NNC(=O)c1cccc(Br)c1)c1ccccc1. The lowest BCUT2D eigenvalue weighted by Crippen LogP contribution is -2.47. The number of anilines is 1. The minimum absolute atomic E-state index is 0.383. The van der Waals surface area contributed by atoms with Crippen LogP contribution >= 0.6 is 15.9 Å². The van der Waals surface area contributed by atoms with Crippen molar-refractivity contribution in [3.63, 3.8) is 0 Å².